The number of nitrogens with zero attached hydrogens (tertiary/aromatic N) is 4. The van der Waals surface area contributed by atoms with Crippen LogP contribution in [-0.4, -0.2) is 25.0 Å². The predicted octanol–water partition coefficient (Wildman–Crippen LogP) is 3.41. The maximum Gasteiger partial charge on any atom is 0.365 e. The fourth-order valence-corrected chi connectivity index (χ4v) is 5.06. The van der Waals surface area contributed by atoms with Gasteiger partial charge in [0.25, 0.3) is 11.1 Å². The lowest BCUT2D eigenvalue weighted by molar-refractivity contribution is 0.334. The van der Waals surface area contributed by atoms with Gasteiger partial charge in [0.2, 0.25) is 5.88 Å². The van der Waals surface area contributed by atoms with Crippen LogP contribution in [0.4, 0.5) is 5.82 Å². The standard InChI is InChI=1S/C20H14Cl2N6O4/c1-23-16-18(30)24-20(31)28(27-16)10-6-11(21)15(12(22)7-10)32-19-14-9-4-2-8(3-5-9)13(14)17(29)25-26-19/h6-9H,2-5H2,(H,25,29)(H,24,30,31). The van der Waals surface area contributed by atoms with Crippen molar-refractivity contribution in [2.45, 2.75) is 37.5 Å². The number of halogens is 2. The molecule has 2 aromatic heterocycles. The predicted molar refractivity (Wildman–Crippen MR) is 116 cm³/mol. The van der Waals surface area contributed by atoms with Gasteiger partial charge in [-0.3, -0.25) is 14.6 Å². The molecule has 2 bridgehead atoms. The summed E-state index contributed by atoms with van der Waals surface area (Å²) in [5.41, 5.74) is -0.288. The summed E-state index contributed by atoms with van der Waals surface area (Å²) in [5.74, 6) is 0.222. The molecule has 3 aromatic rings. The number of H-pyrrole nitrogens is 2. The van der Waals surface area contributed by atoms with Crippen molar-refractivity contribution in [1.29, 1.82) is 0 Å². The summed E-state index contributed by atoms with van der Waals surface area (Å²) in [7, 11) is 0. The number of aromatic amines is 2. The second-order valence-corrected chi connectivity index (χ2v) is 8.50. The maximum absolute atomic E-state index is 12.4. The van der Waals surface area contributed by atoms with Crippen molar-refractivity contribution in [2.24, 2.45) is 0 Å². The van der Waals surface area contributed by atoms with E-state index in [-0.39, 0.29) is 44.8 Å². The van der Waals surface area contributed by atoms with Crippen molar-refractivity contribution in [3.8, 4) is 17.3 Å². The van der Waals surface area contributed by atoms with Crippen molar-refractivity contribution < 1.29 is 4.74 Å². The number of fused-ring (bicyclic) bond motifs is 2. The van der Waals surface area contributed by atoms with E-state index in [2.05, 4.69) is 20.1 Å². The molecule has 0 saturated heterocycles. The molecular formula is C20H14Cl2N6O4. The van der Waals surface area contributed by atoms with Crippen LogP contribution in [0.25, 0.3) is 10.5 Å². The van der Waals surface area contributed by atoms with Gasteiger partial charge in [0.15, 0.2) is 5.75 Å². The average molecular weight is 473 g/mol. The molecule has 32 heavy (non-hydrogen) atoms. The molecule has 10 nitrogen and oxygen atoms in total. The largest absolute Gasteiger partial charge is 0.434 e. The van der Waals surface area contributed by atoms with E-state index in [9.17, 15) is 14.4 Å². The second-order valence-electron chi connectivity index (χ2n) is 7.68. The van der Waals surface area contributed by atoms with Crippen LogP contribution in [0.2, 0.25) is 10.0 Å². The number of hydrogen-bond donors (Lipinski definition) is 2. The van der Waals surface area contributed by atoms with Crippen molar-refractivity contribution in [2.75, 3.05) is 0 Å². The molecule has 1 saturated carbocycles. The normalized spacial score (nSPS) is 18.8. The summed E-state index contributed by atoms with van der Waals surface area (Å²) >= 11 is 12.8. The zero-order chi connectivity index (χ0) is 22.6. The molecule has 0 aliphatic heterocycles. The zero-order valence-electron chi connectivity index (χ0n) is 16.3. The van der Waals surface area contributed by atoms with Crippen molar-refractivity contribution in [3.05, 3.63) is 75.9 Å². The monoisotopic (exact) mass is 472 g/mol. The fraction of sp³-hybridized carbons (Fsp3) is 0.300. The number of nitrogens with one attached hydrogen (secondary N) is 2. The van der Waals surface area contributed by atoms with Gasteiger partial charge < -0.3 is 9.58 Å². The van der Waals surface area contributed by atoms with Gasteiger partial charge in [0.1, 0.15) is 0 Å². The van der Waals surface area contributed by atoms with E-state index in [1.807, 2.05) is 4.98 Å². The van der Waals surface area contributed by atoms with Crippen LogP contribution in [0.3, 0.4) is 0 Å². The Hall–Kier alpha value is -3.42. The van der Waals surface area contributed by atoms with Crippen LogP contribution in [-0.2, 0) is 0 Å². The molecule has 3 aliphatic carbocycles. The van der Waals surface area contributed by atoms with Crippen molar-refractivity contribution in [3.63, 3.8) is 0 Å². The Morgan fingerprint density at radius 2 is 1.66 bits per heavy atom. The summed E-state index contributed by atoms with van der Waals surface area (Å²) in [6, 6.07) is 2.74. The van der Waals surface area contributed by atoms with Crippen LogP contribution in [0.1, 0.15) is 48.6 Å². The van der Waals surface area contributed by atoms with E-state index in [1.54, 1.807) is 0 Å². The molecule has 162 valence electrons. The summed E-state index contributed by atoms with van der Waals surface area (Å²) < 4.78 is 6.79. The lowest BCUT2D eigenvalue weighted by Gasteiger charge is -2.37. The lowest BCUT2D eigenvalue weighted by Crippen LogP contribution is -2.31. The number of ether oxygens (including phenoxy) is 1. The maximum atomic E-state index is 12.4. The van der Waals surface area contributed by atoms with Crippen molar-refractivity contribution >= 4 is 29.0 Å². The lowest BCUT2D eigenvalue weighted by atomic mass is 9.68. The minimum atomic E-state index is -0.887. The Morgan fingerprint density at radius 1 is 1.03 bits per heavy atom. The van der Waals surface area contributed by atoms with E-state index in [0.29, 0.717) is 0 Å². The molecule has 0 atom stereocenters. The van der Waals surface area contributed by atoms with Gasteiger partial charge in [0.05, 0.1) is 15.7 Å². The summed E-state index contributed by atoms with van der Waals surface area (Å²) in [6.07, 6.45) is 3.86. The molecule has 3 aliphatic rings. The molecule has 0 amide bonds. The highest BCUT2D eigenvalue weighted by Crippen LogP contribution is 2.51. The third-order valence-electron chi connectivity index (χ3n) is 5.91. The van der Waals surface area contributed by atoms with E-state index < -0.39 is 17.1 Å². The van der Waals surface area contributed by atoms with E-state index >= 15 is 0 Å². The molecule has 0 unspecified atom stereocenters. The van der Waals surface area contributed by atoms with E-state index in [4.69, 9.17) is 34.5 Å². The van der Waals surface area contributed by atoms with Crippen LogP contribution in [0.5, 0.6) is 11.6 Å². The molecular weight excluding hydrogens is 459 g/mol. The first-order valence-corrected chi connectivity index (χ1v) is 10.5. The number of rotatable bonds is 3. The van der Waals surface area contributed by atoms with E-state index in [1.165, 1.54) is 12.1 Å². The van der Waals surface area contributed by atoms with E-state index in [0.717, 1.165) is 41.5 Å². The Balaban J connectivity index is 1.58. The molecule has 0 radical (unpaired) electrons. The summed E-state index contributed by atoms with van der Waals surface area (Å²) in [6.45, 7) is 7.01. The van der Waals surface area contributed by atoms with Gasteiger partial charge in [-0.15, -0.1) is 9.78 Å². The Morgan fingerprint density at radius 3 is 2.28 bits per heavy atom. The van der Waals surface area contributed by atoms with Gasteiger partial charge in [-0.1, -0.05) is 29.8 Å². The highest BCUT2D eigenvalue weighted by Gasteiger charge is 2.38. The highest BCUT2D eigenvalue weighted by atomic mass is 35.5. The highest BCUT2D eigenvalue weighted by molar-refractivity contribution is 6.37. The second kappa shape index (κ2) is 7.62. The first-order chi connectivity index (χ1) is 15.4. The third-order valence-corrected chi connectivity index (χ3v) is 6.47. The topological polar surface area (TPSA) is 127 Å². The first-order valence-electron chi connectivity index (χ1n) is 9.78. The number of hydrogen-bond acceptors (Lipinski definition) is 6. The summed E-state index contributed by atoms with van der Waals surface area (Å²) in [5, 5.41) is 10.5. The molecule has 1 fully saturated rings. The Kier molecular flexibility index (Phi) is 4.87. The molecule has 1 aromatic carbocycles. The van der Waals surface area contributed by atoms with Crippen LogP contribution < -0.4 is 21.5 Å². The average Bonchev–Trinajstić information content (AvgIpc) is 2.78. The van der Waals surface area contributed by atoms with Gasteiger partial charge >= 0.3 is 11.5 Å². The third kappa shape index (κ3) is 3.21. The van der Waals surface area contributed by atoms with Gasteiger partial charge in [-0.25, -0.2) is 9.89 Å². The zero-order valence-corrected chi connectivity index (χ0v) is 17.8. The number of aromatic nitrogens is 5. The number of benzene rings is 1. The first kappa shape index (κ1) is 20.5. The van der Waals surface area contributed by atoms with Crippen molar-refractivity contribution in [1.82, 2.24) is 25.0 Å². The fourth-order valence-electron chi connectivity index (χ4n) is 4.51. The minimum Gasteiger partial charge on any atom is -0.434 e. The van der Waals surface area contributed by atoms with Gasteiger partial charge in [-0.2, -0.15) is 0 Å². The van der Waals surface area contributed by atoms with Crippen LogP contribution in [0.15, 0.2) is 26.5 Å². The molecule has 6 rings (SSSR count). The molecule has 2 heterocycles. The molecule has 0 spiro atoms. The molecule has 2 N–H and O–H groups in total. The van der Waals surface area contributed by atoms with Gasteiger partial charge in [-0.05, 0) is 54.8 Å². The van der Waals surface area contributed by atoms with Gasteiger partial charge in [0, 0.05) is 11.1 Å². The SMILES string of the molecule is [C-]#[N+]c1nn(-c2cc(Cl)c(Oc3n[nH]c(=O)c4c3C3CCC4CC3)c(Cl)c2)c(=O)[nH]c1=O. The van der Waals surface area contributed by atoms with Crippen LogP contribution in [0, 0.1) is 6.57 Å². The minimum absolute atomic E-state index is 0.0551. The summed E-state index contributed by atoms with van der Waals surface area (Å²) in [4.78, 5) is 41.1. The Labute approximate surface area is 189 Å². The smallest absolute Gasteiger partial charge is 0.365 e. The van der Waals surface area contributed by atoms with Crippen LogP contribution >= 0.6 is 23.2 Å². The Bertz CT molecular complexity index is 1450. The quantitative estimate of drug-likeness (QED) is 0.562. The molecule has 12 heteroatoms.